The molecule has 5 heteroatoms. The highest BCUT2D eigenvalue weighted by Gasteiger charge is 2.48. The molecule has 2 N–H and O–H groups in total. The summed E-state index contributed by atoms with van der Waals surface area (Å²) in [7, 11) is 0. The Morgan fingerprint density at radius 2 is 2.00 bits per heavy atom. The Kier molecular flexibility index (Phi) is 3.36. The normalized spacial score (nSPS) is 43.1. The van der Waals surface area contributed by atoms with Gasteiger partial charge in [0.1, 0.15) is 0 Å². The molecule has 0 saturated heterocycles. The molecule has 0 saturated carbocycles. The molecule has 2 unspecified atom stereocenters. The summed E-state index contributed by atoms with van der Waals surface area (Å²) >= 11 is 9.64. The van der Waals surface area contributed by atoms with Gasteiger partial charge in [-0.05, 0) is 32.4 Å². The molecule has 1 heterocycles. The van der Waals surface area contributed by atoms with Crippen LogP contribution in [0.4, 0.5) is 4.39 Å². The summed E-state index contributed by atoms with van der Waals surface area (Å²) in [5, 5.41) is 13.0. The highest BCUT2D eigenvalue weighted by molar-refractivity contribution is 9.11. The van der Waals surface area contributed by atoms with Gasteiger partial charge in [-0.2, -0.15) is 0 Å². The van der Waals surface area contributed by atoms with Gasteiger partial charge in [0.05, 0.1) is 22.7 Å². The van der Waals surface area contributed by atoms with Crippen LogP contribution in [0.15, 0.2) is 21.8 Å². The zero-order chi connectivity index (χ0) is 13.9. The second-order valence-corrected chi connectivity index (χ2v) is 7.23. The summed E-state index contributed by atoms with van der Waals surface area (Å²) in [6.07, 6.45) is 0.878. The summed E-state index contributed by atoms with van der Waals surface area (Å²) in [5.41, 5.74) is -0.929. The molecule has 0 aromatic carbocycles. The van der Waals surface area contributed by atoms with Gasteiger partial charge >= 0.3 is 0 Å². The Bertz CT molecular complexity index is 444. The third-order valence-corrected chi connectivity index (χ3v) is 5.27. The minimum Gasteiger partial charge on any atom is -0.390 e. The first-order valence-electron chi connectivity index (χ1n) is 6.00. The Balaban J connectivity index is 2.57. The molecular weight excluding hydrogens is 321 g/mol. The monoisotopic (exact) mass is 337 g/mol. The Labute approximate surface area is 120 Å². The molecule has 1 aliphatic heterocycles. The number of aliphatic hydroxyl groups excluding tert-OH is 1. The van der Waals surface area contributed by atoms with Crippen molar-refractivity contribution in [2.24, 2.45) is 5.92 Å². The molecule has 1 aliphatic carbocycles. The van der Waals surface area contributed by atoms with E-state index in [9.17, 15) is 9.50 Å². The first kappa shape index (κ1) is 14.4. The number of nitrogens with one attached hydrogen (secondary N) is 1. The second kappa shape index (κ2) is 4.22. The maximum Gasteiger partial charge on any atom is 0.166 e. The van der Waals surface area contributed by atoms with Crippen LogP contribution in [0.5, 0.6) is 0 Å². The van der Waals surface area contributed by atoms with E-state index in [1.165, 1.54) is 13.0 Å². The maximum absolute atomic E-state index is 14.7. The van der Waals surface area contributed by atoms with Crippen LogP contribution >= 0.6 is 27.5 Å². The van der Waals surface area contributed by atoms with Crippen LogP contribution in [0.1, 0.15) is 27.7 Å². The minimum atomic E-state index is -1.59. The van der Waals surface area contributed by atoms with E-state index in [0.717, 1.165) is 5.57 Å². The smallest absolute Gasteiger partial charge is 0.166 e. The molecule has 0 spiro atoms. The molecule has 0 aromatic rings. The number of allylic oxidation sites excluding steroid dienone is 2. The van der Waals surface area contributed by atoms with E-state index in [1.54, 1.807) is 0 Å². The predicted octanol–water partition coefficient (Wildman–Crippen LogP) is 3.25. The second-order valence-electron chi connectivity index (χ2n) is 5.88. The molecule has 0 radical (unpaired) electrons. The third kappa shape index (κ3) is 2.02. The van der Waals surface area contributed by atoms with E-state index in [4.69, 9.17) is 11.6 Å². The highest BCUT2D eigenvalue weighted by Crippen LogP contribution is 2.46. The molecule has 0 amide bonds. The fraction of sp³-hybridized carbons (Fsp3) is 0.692. The summed E-state index contributed by atoms with van der Waals surface area (Å²) in [4.78, 5) is 0. The molecule has 2 rings (SSSR count). The molecule has 2 nitrogen and oxygen atoms in total. The maximum atomic E-state index is 14.7. The van der Waals surface area contributed by atoms with Crippen molar-refractivity contribution in [2.75, 3.05) is 0 Å². The standard InChI is InChI=1S/C13H18BrClFNO/c1-6-8-9(15)7(14)5-13(4,16)10(8)17-12(2,3)11(6)18/h5-6,9,11,17-18H,1-4H3/t6-,9?,11+,13?/m0/s1. The van der Waals surface area contributed by atoms with Crippen molar-refractivity contribution < 1.29 is 9.50 Å². The minimum absolute atomic E-state index is 0.185. The van der Waals surface area contributed by atoms with Crippen LogP contribution in [-0.2, 0) is 0 Å². The van der Waals surface area contributed by atoms with Crippen LogP contribution < -0.4 is 5.32 Å². The number of hydrogen-bond donors (Lipinski definition) is 2. The third-order valence-electron chi connectivity index (χ3n) is 3.85. The van der Waals surface area contributed by atoms with Crippen molar-refractivity contribution in [3.63, 3.8) is 0 Å². The van der Waals surface area contributed by atoms with E-state index in [-0.39, 0.29) is 5.92 Å². The topological polar surface area (TPSA) is 32.3 Å². The lowest BCUT2D eigenvalue weighted by atomic mass is 9.73. The average Bonchev–Trinajstić information content (AvgIpc) is 2.22. The first-order chi connectivity index (χ1) is 8.08. The van der Waals surface area contributed by atoms with E-state index in [1.807, 2.05) is 20.8 Å². The number of hydrogen-bond acceptors (Lipinski definition) is 2. The summed E-state index contributed by atoms with van der Waals surface area (Å²) in [5.74, 6) is -0.185. The van der Waals surface area contributed by atoms with Gasteiger partial charge in [0.15, 0.2) is 5.67 Å². The highest BCUT2D eigenvalue weighted by atomic mass is 79.9. The first-order valence-corrected chi connectivity index (χ1v) is 7.23. The largest absolute Gasteiger partial charge is 0.390 e. The molecule has 18 heavy (non-hydrogen) atoms. The van der Waals surface area contributed by atoms with Gasteiger partial charge in [-0.3, -0.25) is 0 Å². The van der Waals surface area contributed by atoms with Gasteiger partial charge in [0.25, 0.3) is 0 Å². The predicted molar refractivity (Wildman–Crippen MR) is 75.6 cm³/mol. The van der Waals surface area contributed by atoms with E-state index < -0.39 is 22.7 Å². The van der Waals surface area contributed by atoms with Crippen molar-refractivity contribution in [3.8, 4) is 0 Å². The summed E-state index contributed by atoms with van der Waals surface area (Å²) in [6, 6.07) is 0. The average molecular weight is 339 g/mol. The quantitative estimate of drug-likeness (QED) is 0.665. The van der Waals surface area contributed by atoms with Crippen LogP contribution in [0.25, 0.3) is 0 Å². The van der Waals surface area contributed by atoms with Crippen molar-refractivity contribution in [3.05, 3.63) is 21.8 Å². The fourth-order valence-electron chi connectivity index (χ4n) is 2.81. The van der Waals surface area contributed by atoms with Crippen molar-refractivity contribution in [2.45, 2.75) is 50.4 Å². The molecule has 0 bridgehead atoms. The molecule has 4 atom stereocenters. The number of aliphatic hydroxyl groups is 1. The van der Waals surface area contributed by atoms with Gasteiger partial charge in [0, 0.05) is 10.4 Å². The van der Waals surface area contributed by atoms with E-state index in [0.29, 0.717) is 10.2 Å². The lowest BCUT2D eigenvalue weighted by Crippen LogP contribution is -2.60. The van der Waals surface area contributed by atoms with Gasteiger partial charge in [0.2, 0.25) is 0 Å². The SMILES string of the molecule is C[C@H]1C2=C(NC(C)(C)[C@@H]1O)C(C)(F)C=C(Br)C2Cl. The number of halogens is 3. The molecule has 0 fully saturated rings. The fourth-order valence-corrected chi connectivity index (χ4v) is 3.85. The lowest BCUT2D eigenvalue weighted by Gasteiger charge is -2.48. The Hall–Kier alpha value is -0.0600. The number of rotatable bonds is 0. The van der Waals surface area contributed by atoms with Crippen molar-refractivity contribution >= 4 is 27.5 Å². The van der Waals surface area contributed by atoms with E-state index in [2.05, 4.69) is 21.2 Å². The van der Waals surface area contributed by atoms with Crippen LogP contribution in [-0.4, -0.2) is 27.8 Å². The van der Waals surface area contributed by atoms with Gasteiger partial charge < -0.3 is 10.4 Å². The van der Waals surface area contributed by atoms with Gasteiger partial charge in [-0.25, -0.2) is 4.39 Å². The Morgan fingerprint density at radius 3 is 2.56 bits per heavy atom. The lowest BCUT2D eigenvalue weighted by molar-refractivity contribution is 0.0333. The van der Waals surface area contributed by atoms with Crippen molar-refractivity contribution in [1.82, 2.24) is 5.32 Å². The van der Waals surface area contributed by atoms with Crippen LogP contribution in [0.3, 0.4) is 0 Å². The van der Waals surface area contributed by atoms with Gasteiger partial charge in [-0.15, -0.1) is 11.6 Å². The molecular formula is C13H18BrClFNO. The molecule has 0 aromatic heterocycles. The Morgan fingerprint density at radius 1 is 1.44 bits per heavy atom. The number of alkyl halides is 2. The molecule has 102 valence electrons. The zero-order valence-electron chi connectivity index (χ0n) is 10.9. The van der Waals surface area contributed by atoms with Crippen molar-refractivity contribution in [1.29, 1.82) is 0 Å². The van der Waals surface area contributed by atoms with E-state index >= 15 is 0 Å². The molecule has 2 aliphatic rings. The summed E-state index contributed by atoms with van der Waals surface area (Å²) in [6.45, 7) is 7.12. The zero-order valence-corrected chi connectivity index (χ0v) is 13.2. The van der Waals surface area contributed by atoms with Crippen LogP contribution in [0, 0.1) is 5.92 Å². The summed E-state index contributed by atoms with van der Waals surface area (Å²) < 4.78 is 15.3. The van der Waals surface area contributed by atoms with Gasteiger partial charge in [-0.1, -0.05) is 22.9 Å². The van der Waals surface area contributed by atoms with Crippen LogP contribution in [0.2, 0.25) is 0 Å².